The number of nitrogens with one attached hydrogen (secondary N) is 1. The average Bonchev–Trinajstić information content (AvgIpc) is 2.70. The number of thiophene rings is 1. The standard InChI is InChI=1S/C13H9BrFNO3S/c1-6-5-20-11(13(18)19)10(6)16-12(17)7-2-8(14)4-9(15)3-7/h2-5H,1H3,(H,16,17)(H,18,19). The number of aromatic carboxylic acids is 1. The number of benzene rings is 1. The molecule has 0 saturated carbocycles. The van der Waals surface area contributed by atoms with E-state index in [1.807, 2.05) is 0 Å². The van der Waals surface area contributed by atoms with Gasteiger partial charge in [-0.1, -0.05) is 15.9 Å². The van der Waals surface area contributed by atoms with Gasteiger partial charge in [-0.3, -0.25) is 4.79 Å². The predicted molar refractivity (Wildman–Crippen MR) is 78.1 cm³/mol. The molecule has 2 aromatic rings. The monoisotopic (exact) mass is 357 g/mol. The number of carboxylic acid groups (broad SMARTS) is 1. The molecule has 2 rings (SSSR count). The van der Waals surface area contributed by atoms with Crippen molar-refractivity contribution in [3.05, 3.63) is 49.9 Å². The molecule has 0 saturated heterocycles. The minimum atomic E-state index is -1.11. The molecule has 1 heterocycles. The Balaban J connectivity index is 2.32. The van der Waals surface area contributed by atoms with Crippen LogP contribution in [0.5, 0.6) is 0 Å². The van der Waals surface area contributed by atoms with Gasteiger partial charge in [0.25, 0.3) is 5.91 Å². The van der Waals surface area contributed by atoms with Crippen molar-refractivity contribution >= 4 is 44.8 Å². The quantitative estimate of drug-likeness (QED) is 0.874. The van der Waals surface area contributed by atoms with Crippen LogP contribution in [-0.2, 0) is 0 Å². The third-order valence-electron chi connectivity index (χ3n) is 2.53. The molecule has 4 nitrogen and oxygen atoms in total. The van der Waals surface area contributed by atoms with Crippen LogP contribution in [0, 0.1) is 12.7 Å². The molecule has 0 fully saturated rings. The molecular formula is C13H9BrFNO3S. The largest absolute Gasteiger partial charge is 0.477 e. The number of amides is 1. The summed E-state index contributed by atoms with van der Waals surface area (Å²) in [6.07, 6.45) is 0. The number of hydrogen-bond acceptors (Lipinski definition) is 3. The van der Waals surface area contributed by atoms with E-state index in [0.717, 1.165) is 17.4 Å². The highest BCUT2D eigenvalue weighted by atomic mass is 79.9. The number of aryl methyl sites for hydroxylation is 1. The van der Waals surface area contributed by atoms with Crippen molar-refractivity contribution in [3.63, 3.8) is 0 Å². The second-order valence-corrected chi connectivity index (χ2v) is 5.84. The highest BCUT2D eigenvalue weighted by molar-refractivity contribution is 9.10. The normalized spacial score (nSPS) is 10.3. The van der Waals surface area contributed by atoms with E-state index >= 15 is 0 Å². The zero-order valence-corrected chi connectivity index (χ0v) is 12.6. The molecule has 1 aromatic heterocycles. The summed E-state index contributed by atoms with van der Waals surface area (Å²) in [4.78, 5) is 23.2. The number of halogens is 2. The second kappa shape index (κ2) is 5.72. The number of hydrogen-bond donors (Lipinski definition) is 2. The summed E-state index contributed by atoms with van der Waals surface area (Å²) in [5.74, 6) is -2.22. The molecule has 0 aliphatic carbocycles. The van der Waals surface area contributed by atoms with Crippen LogP contribution in [0.25, 0.3) is 0 Å². The smallest absolute Gasteiger partial charge is 0.348 e. The fourth-order valence-electron chi connectivity index (χ4n) is 1.63. The molecule has 2 N–H and O–H groups in total. The van der Waals surface area contributed by atoms with Crippen LogP contribution in [0.2, 0.25) is 0 Å². The van der Waals surface area contributed by atoms with Crippen molar-refractivity contribution in [3.8, 4) is 0 Å². The van der Waals surface area contributed by atoms with Crippen LogP contribution < -0.4 is 5.32 Å². The second-order valence-electron chi connectivity index (χ2n) is 4.04. The molecule has 0 radical (unpaired) electrons. The Bertz CT molecular complexity index is 679. The van der Waals surface area contributed by atoms with Gasteiger partial charge >= 0.3 is 5.97 Å². The zero-order chi connectivity index (χ0) is 14.9. The molecule has 0 unspecified atom stereocenters. The summed E-state index contributed by atoms with van der Waals surface area (Å²) >= 11 is 4.13. The summed E-state index contributed by atoms with van der Waals surface area (Å²) in [5.41, 5.74) is 1.00. The molecule has 0 bridgehead atoms. The van der Waals surface area contributed by atoms with E-state index in [-0.39, 0.29) is 16.1 Å². The first kappa shape index (κ1) is 14.7. The molecule has 104 valence electrons. The van der Waals surface area contributed by atoms with Gasteiger partial charge in [-0.15, -0.1) is 11.3 Å². The maximum Gasteiger partial charge on any atom is 0.348 e. The zero-order valence-electron chi connectivity index (χ0n) is 10.2. The maximum atomic E-state index is 13.3. The maximum absolute atomic E-state index is 13.3. The minimum Gasteiger partial charge on any atom is -0.477 e. The van der Waals surface area contributed by atoms with E-state index in [1.165, 1.54) is 12.1 Å². The summed E-state index contributed by atoms with van der Waals surface area (Å²) in [6, 6.07) is 3.78. The van der Waals surface area contributed by atoms with Crippen LogP contribution >= 0.6 is 27.3 Å². The fourth-order valence-corrected chi connectivity index (χ4v) is 2.94. The van der Waals surface area contributed by atoms with E-state index in [2.05, 4.69) is 21.2 Å². The Morgan fingerprint density at radius 1 is 1.35 bits per heavy atom. The SMILES string of the molecule is Cc1csc(C(=O)O)c1NC(=O)c1cc(F)cc(Br)c1. The molecule has 0 spiro atoms. The summed E-state index contributed by atoms with van der Waals surface area (Å²) in [7, 11) is 0. The van der Waals surface area contributed by atoms with Crippen molar-refractivity contribution in [1.82, 2.24) is 0 Å². The van der Waals surface area contributed by atoms with Gasteiger partial charge in [0.05, 0.1) is 5.69 Å². The molecule has 0 aliphatic rings. The van der Waals surface area contributed by atoms with Crippen molar-refractivity contribution in [2.75, 3.05) is 5.32 Å². The van der Waals surface area contributed by atoms with Crippen molar-refractivity contribution in [1.29, 1.82) is 0 Å². The van der Waals surface area contributed by atoms with Gasteiger partial charge in [-0.25, -0.2) is 9.18 Å². The van der Waals surface area contributed by atoms with Crippen molar-refractivity contribution in [2.24, 2.45) is 0 Å². The Morgan fingerprint density at radius 2 is 2.05 bits per heavy atom. The Morgan fingerprint density at radius 3 is 2.65 bits per heavy atom. The van der Waals surface area contributed by atoms with Gasteiger partial charge in [0, 0.05) is 10.0 Å². The first-order valence-electron chi connectivity index (χ1n) is 5.47. The lowest BCUT2D eigenvalue weighted by atomic mass is 10.2. The fraction of sp³-hybridized carbons (Fsp3) is 0.0769. The lowest BCUT2D eigenvalue weighted by Gasteiger charge is -2.07. The topological polar surface area (TPSA) is 66.4 Å². The lowest BCUT2D eigenvalue weighted by molar-refractivity contribution is 0.0703. The molecule has 1 aromatic carbocycles. The number of carbonyl (C=O) groups excluding carboxylic acids is 1. The molecule has 7 heteroatoms. The van der Waals surface area contributed by atoms with Crippen molar-refractivity contribution < 1.29 is 19.1 Å². The molecule has 1 amide bonds. The van der Waals surface area contributed by atoms with Gasteiger partial charge in [-0.05, 0) is 36.1 Å². The predicted octanol–water partition coefficient (Wildman–Crippen LogP) is 3.91. The Kier molecular flexibility index (Phi) is 4.20. The summed E-state index contributed by atoms with van der Waals surface area (Å²) < 4.78 is 13.7. The number of carboxylic acids is 1. The van der Waals surface area contributed by atoms with Crippen LogP contribution in [0.4, 0.5) is 10.1 Å². The minimum absolute atomic E-state index is 0.0475. The number of carbonyl (C=O) groups is 2. The molecular weight excluding hydrogens is 349 g/mol. The van der Waals surface area contributed by atoms with Crippen LogP contribution in [0.1, 0.15) is 25.6 Å². The van der Waals surface area contributed by atoms with Crippen LogP contribution in [-0.4, -0.2) is 17.0 Å². The van der Waals surface area contributed by atoms with E-state index in [9.17, 15) is 14.0 Å². The van der Waals surface area contributed by atoms with Crippen LogP contribution in [0.15, 0.2) is 28.1 Å². The highest BCUT2D eigenvalue weighted by Crippen LogP contribution is 2.28. The number of rotatable bonds is 3. The first-order chi connectivity index (χ1) is 9.38. The lowest BCUT2D eigenvalue weighted by Crippen LogP contribution is -2.14. The third kappa shape index (κ3) is 3.05. The molecule has 20 heavy (non-hydrogen) atoms. The van der Waals surface area contributed by atoms with E-state index in [1.54, 1.807) is 12.3 Å². The van der Waals surface area contributed by atoms with Gasteiger partial charge in [0.15, 0.2) is 0 Å². The highest BCUT2D eigenvalue weighted by Gasteiger charge is 2.18. The van der Waals surface area contributed by atoms with Gasteiger partial charge in [0.1, 0.15) is 10.7 Å². The van der Waals surface area contributed by atoms with E-state index in [4.69, 9.17) is 5.11 Å². The average molecular weight is 358 g/mol. The first-order valence-corrected chi connectivity index (χ1v) is 7.14. The summed E-state index contributed by atoms with van der Waals surface area (Å²) in [6.45, 7) is 1.69. The van der Waals surface area contributed by atoms with Crippen LogP contribution in [0.3, 0.4) is 0 Å². The van der Waals surface area contributed by atoms with Gasteiger partial charge in [-0.2, -0.15) is 0 Å². The van der Waals surface area contributed by atoms with E-state index in [0.29, 0.717) is 10.0 Å². The summed E-state index contributed by atoms with van der Waals surface area (Å²) in [5, 5.41) is 13.2. The Labute approximate surface area is 126 Å². The van der Waals surface area contributed by atoms with Crippen molar-refractivity contribution in [2.45, 2.75) is 6.92 Å². The number of anilines is 1. The van der Waals surface area contributed by atoms with Gasteiger partial charge < -0.3 is 10.4 Å². The van der Waals surface area contributed by atoms with Gasteiger partial charge in [0.2, 0.25) is 0 Å². The molecule has 0 atom stereocenters. The molecule has 0 aliphatic heterocycles. The Hall–Kier alpha value is -1.73. The van der Waals surface area contributed by atoms with E-state index < -0.39 is 17.7 Å². The third-order valence-corrected chi connectivity index (χ3v) is 4.08.